The number of ether oxygens (including phenoxy) is 1. The topological polar surface area (TPSA) is 32.8 Å². The number of likely N-dealkylation sites (tertiary alicyclic amines) is 1. The van der Waals surface area contributed by atoms with Crippen LogP contribution in [-0.2, 0) is 6.54 Å². The number of hydrogen-bond acceptors (Lipinski definition) is 5. The minimum atomic E-state index is 0.0833. The van der Waals surface area contributed by atoms with E-state index in [1.807, 2.05) is 58.0 Å². The van der Waals surface area contributed by atoms with Crippen molar-refractivity contribution < 1.29 is 9.53 Å². The summed E-state index contributed by atoms with van der Waals surface area (Å²) in [5.74, 6) is 0.858. The Kier molecular flexibility index (Phi) is 6.10. The largest absolute Gasteiger partial charge is 0.497 e. The number of carbonyl (C=O) groups is 1. The van der Waals surface area contributed by atoms with Crippen molar-refractivity contribution in [2.45, 2.75) is 25.4 Å². The Bertz CT molecular complexity index is 885. The first-order chi connectivity index (χ1) is 13.7. The first-order valence-corrected chi connectivity index (χ1v) is 11.3. The molecule has 0 aliphatic carbocycles. The molecule has 0 saturated carbocycles. The SMILES string of the molecule is COc1cccc(N(C(=O)c2cccs2)C2CCN(Cc3cccs3)CC2)c1. The summed E-state index contributed by atoms with van der Waals surface area (Å²) in [5.41, 5.74) is 0.912. The van der Waals surface area contributed by atoms with Crippen molar-refractivity contribution in [3.63, 3.8) is 0 Å². The lowest BCUT2D eigenvalue weighted by molar-refractivity contribution is 0.0962. The molecular weight excluding hydrogens is 388 g/mol. The zero-order valence-electron chi connectivity index (χ0n) is 15.9. The highest BCUT2D eigenvalue weighted by molar-refractivity contribution is 7.12. The molecule has 4 nitrogen and oxygen atoms in total. The van der Waals surface area contributed by atoms with Gasteiger partial charge in [-0.05, 0) is 47.9 Å². The van der Waals surface area contributed by atoms with Gasteiger partial charge in [-0.2, -0.15) is 0 Å². The number of piperidine rings is 1. The summed E-state index contributed by atoms with van der Waals surface area (Å²) in [4.78, 5) is 20.0. The van der Waals surface area contributed by atoms with Crippen LogP contribution in [0.25, 0.3) is 0 Å². The van der Waals surface area contributed by atoms with Gasteiger partial charge in [0.1, 0.15) is 5.75 Å². The summed E-state index contributed by atoms with van der Waals surface area (Å²) in [6, 6.07) is 16.2. The van der Waals surface area contributed by atoms with Crippen LogP contribution >= 0.6 is 22.7 Å². The van der Waals surface area contributed by atoms with E-state index in [1.165, 1.54) is 16.2 Å². The normalized spacial score (nSPS) is 15.5. The lowest BCUT2D eigenvalue weighted by Gasteiger charge is -2.38. The summed E-state index contributed by atoms with van der Waals surface area (Å²) in [5, 5.41) is 4.09. The van der Waals surface area contributed by atoms with Crippen molar-refractivity contribution in [3.8, 4) is 5.75 Å². The monoisotopic (exact) mass is 412 g/mol. The third-order valence-electron chi connectivity index (χ3n) is 5.16. The predicted molar refractivity (Wildman–Crippen MR) is 117 cm³/mol. The molecule has 1 amide bonds. The quantitative estimate of drug-likeness (QED) is 0.563. The fourth-order valence-electron chi connectivity index (χ4n) is 3.73. The smallest absolute Gasteiger partial charge is 0.268 e. The van der Waals surface area contributed by atoms with Gasteiger partial charge in [0.25, 0.3) is 5.91 Å². The van der Waals surface area contributed by atoms with Crippen LogP contribution < -0.4 is 9.64 Å². The second-order valence-electron chi connectivity index (χ2n) is 6.94. The van der Waals surface area contributed by atoms with Crippen molar-refractivity contribution in [2.75, 3.05) is 25.1 Å². The summed E-state index contributed by atoms with van der Waals surface area (Å²) in [6.45, 7) is 3.00. The van der Waals surface area contributed by atoms with E-state index in [0.717, 1.165) is 48.8 Å². The van der Waals surface area contributed by atoms with Gasteiger partial charge in [0, 0.05) is 42.3 Å². The van der Waals surface area contributed by atoms with Gasteiger partial charge in [-0.3, -0.25) is 9.69 Å². The number of amides is 1. The first kappa shape index (κ1) is 19.2. The Balaban J connectivity index is 1.53. The Morgan fingerprint density at radius 2 is 1.89 bits per heavy atom. The van der Waals surface area contributed by atoms with Crippen LogP contribution in [0, 0.1) is 0 Å². The molecule has 0 radical (unpaired) electrons. The Morgan fingerprint density at radius 1 is 1.11 bits per heavy atom. The van der Waals surface area contributed by atoms with Crippen molar-refractivity contribution in [1.82, 2.24) is 4.90 Å². The molecule has 0 atom stereocenters. The van der Waals surface area contributed by atoms with Crippen LogP contribution in [0.5, 0.6) is 5.75 Å². The van der Waals surface area contributed by atoms with Crippen LogP contribution in [0.2, 0.25) is 0 Å². The van der Waals surface area contributed by atoms with E-state index in [9.17, 15) is 4.79 Å². The van der Waals surface area contributed by atoms with Gasteiger partial charge in [-0.1, -0.05) is 18.2 Å². The second kappa shape index (κ2) is 8.90. The lowest BCUT2D eigenvalue weighted by atomic mass is 10.0. The highest BCUT2D eigenvalue weighted by Gasteiger charge is 2.30. The van der Waals surface area contributed by atoms with Crippen molar-refractivity contribution >= 4 is 34.3 Å². The van der Waals surface area contributed by atoms with Crippen LogP contribution in [-0.4, -0.2) is 37.0 Å². The van der Waals surface area contributed by atoms with Crippen LogP contribution in [0.3, 0.4) is 0 Å². The molecule has 0 N–H and O–H groups in total. The molecule has 2 aromatic heterocycles. The first-order valence-electron chi connectivity index (χ1n) is 9.50. The number of benzene rings is 1. The summed E-state index contributed by atoms with van der Waals surface area (Å²) < 4.78 is 5.40. The molecule has 1 aliphatic rings. The van der Waals surface area contributed by atoms with Gasteiger partial charge >= 0.3 is 0 Å². The average Bonchev–Trinajstić information content (AvgIpc) is 3.44. The minimum Gasteiger partial charge on any atom is -0.497 e. The molecule has 6 heteroatoms. The molecule has 28 heavy (non-hydrogen) atoms. The lowest BCUT2D eigenvalue weighted by Crippen LogP contribution is -2.47. The molecule has 3 heterocycles. The number of thiophene rings is 2. The van der Waals surface area contributed by atoms with Gasteiger partial charge in [0.05, 0.1) is 12.0 Å². The molecule has 146 valence electrons. The third kappa shape index (κ3) is 4.29. The molecule has 0 unspecified atom stereocenters. The fourth-order valence-corrected chi connectivity index (χ4v) is 5.14. The van der Waals surface area contributed by atoms with E-state index in [0.29, 0.717) is 0 Å². The van der Waals surface area contributed by atoms with E-state index in [-0.39, 0.29) is 11.9 Å². The average molecular weight is 413 g/mol. The summed E-state index contributed by atoms with van der Waals surface area (Å²) in [7, 11) is 1.66. The standard InChI is InChI=1S/C22H24N2O2S2/c1-26-19-6-2-5-18(15-19)24(22(25)21-8-4-14-28-21)17-9-11-23(12-10-17)16-20-7-3-13-27-20/h2-8,13-15,17H,9-12,16H2,1H3. The molecular formula is C22H24N2O2S2. The van der Waals surface area contributed by atoms with E-state index in [1.54, 1.807) is 7.11 Å². The second-order valence-corrected chi connectivity index (χ2v) is 8.92. The maximum Gasteiger partial charge on any atom is 0.268 e. The highest BCUT2D eigenvalue weighted by Crippen LogP contribution is 2.30. The molecule has 4 rings (SSSR count). The van der Waals surface area contributed by atoms with Crippen LogP contribution in [0.1, 0.15) is 27.4 Å². The maximum atomic E-state index is 13.3. The van der Waals surface area contributed by atoms with Gasteiger partial charge in [0.15, 0.2) is 0 Å². The van der Waals surface area contributed by atoms with Gasteiger partial charge in [-0.25, -0.2) is 0 Å². The molecule has 1 aromatic carbocycles. The molecule has 0 spiro atoms. The van der Waals surface area contributed by atoms with Gasteiger partial charge in [-0.15, -0.1) is 22.7 Å². The van der Waals surface area contributed by atoms with Crippen LogP contribution in [0.15, 0.2) is 59.3 Å². The summed E-state index contributed by atoms with van der Waals surface area (Å²) in [6.07, 6.45) is 1.94. The zero-order valence-corrected chi connectivity index (χ0v) is 17.5. The Morgan fingerprint density at radius 3 is 2.57 bits per heavy atom. The number of carbonyl (C=O) groups excluding carboxylic acids is 1. The number of anilines is 1. The summed E-state index contributed by atoms with van der Waals surface area (Å²) >= 11 is 3.31. The van der Waals surface area contributed by atoms with Crippen molar-refractivity contribution in [2.24, 2.45) is 0 Å². The third-order valence-corrected chi connectivity index (χ3v) is 6.88. The Hall–Kier alpha value is -2.15. The highest BCUT2D eigenvalue weighted by atomic mass is 32.1. The number of nitrogens with zero attached hydrogens (tertiary/aromatic N) is 2. The van der Waals surface area contributed by atoms with E-state index >= 15 is 0 Å². The predicted octanol–water partition coefficient (Wildman–Crippen LogP) is 5.13. The van der Waals surface area contributed by atoms with Gasteiger partial charge < -0.3 is 9.64 Å². The molecule has 0 bridgehead atoms. The molecule has 3 aromatic rings. The molecule has 1 fully saturated rings. The maximum absolute atomic E-state index is 13.3. The Labute approximate surface area is 174 Å². The zero-order chi connectivity index (χ0) is 19.3. The van der Waals surface area contributed by atoms with E-state index in [4.69, 9.17) is 4.74 Å². The number of rotatable bonds is 6. The van der Waals surface area contributed by atoms with E-state index in [2.05, 4.69) is 22.4 Å². The van der Waals surface area contributed by atoms with Crippen molar-refractivity contribution in [1.29, 1.82) is 0 Å². The van der Waals surface area contributed by atoms with Crippen LogP contribution in [0.4, 0.5) is 5.69 Å². The minimum absolute atomic E-state index is 0.0833. The number of hydrogen-bond donors (Lipinski definition) is 0. The molecule has 1 saturated heterocycles. The fraction of sp³-hybridized carbons (Fsp3) is 0.318. The number of methoxy groups -OCH3 is 1. The molecule has 1 aliphatic heterocycles. The van der Waals surface area contributed by atoms with Gasteiger partial charge in [0.2, 0.25) is 0 Å². The van der Waals surface area contributed by atoms with Crippen molar-refractivity contribution in [3.05, 3.63) is 69.0 Å². The van der Waals surface area contributed by atoms with E-state index < -0.39 is 0 Å².